The maximum Gasteiger partial charge on any atom is 0.417 e. The number of benzene rings is 3. The van der Waals surface area contributed by atoms with Crippen molar-refractivity contribution in [3.63, 3.8) is 0 Å². The molecule has 0 aliphatic carbocycles. The average Bonchev–Trinajstić information content (AvgIpc) is 4.05. The van der Waals surface area contributed by atoms with Crippen molar-refractivity contribution in [3.8, 4) is 22.3 Å². The van der Waals surface area contributed by atoms with Crippen LogP contribution in [0.3, 0.4) is 0 Å². The van der Waals surface area contributed by atoms with Crippen LogP contribution < -0.4 is 19.9 Å². The van der Waals surface area contributed by atoms with Gasteiger partial charge in [-0.2, -0.15) is 18.4 Å². The van der Waals surface area contributed by atoms with E-state index in [1.165, 1.54) is 28.0 Å². The standard InChI is InChI=1S/C48H50F3N7O8S2/c1-28(2)41(44(62)55-25-35(59)21-39(55)43(61)53-24-30-6-8-31(9-7-30)42-29(3)54-27-68-42)56-26-37(22-40(56)60)66-19-17-64-16-18-65-36-14-12-33(13-15-36)58-46(67)57(45(63)47(58,4)5)34-11-10-32(23-52)38(20-34)48(49,50)51/h6-15,20,22,27-28,35,39,41,59H,16-19,21,24-26H2,1-5H3,(H,53,61)/t35-,39?,41?/m1/s1. The van der Waals surface area contributed by atoms with Crippen LogP contribution in [0.5, 0.6) is 5.75 Å². The number of rotatable bonds is 17. The van der Waals surface area contributed by atoms with Crippen molar-refractivity contribution in [1.29, 1.82) is 5.26 Å². The average molecular weight is 974 g/mol. The van der Waals surface area contributed by atoms with Gasteiger partial charge in [-0.15, -0.1) is 11.3 Å². The van der Waals surface area contributed by atoms with E-state index in [9.17, 15) is 42.7 Å². The molecule has 0 bridgehead atoms. The van der Waals surface area contributed by atoms with Crippen LogP contribution in [0.25, 0.3) is 10.4 Å². The summed E-state index contributed by atoms with van der Waals surface area (Å²) in [4.78, 5) is 65.2. The van der Waals surface area contributed by atoms with Gasteiger partial charge in [0.1, 0.15) is 42.3 Å². The first-order valence-electron chi connectivity index (χ1n) is 21.8. The number of nitrogens with zero attached hydrogens (tertiary/aromatic N) is 6. The van der Waals surface area contributed by atoms with Crippen molar-refractivity contribution in [3.05, 3.63) is 106 Å². The molecule has 0 radical (unpaired) electrons. The third kappa shape index (κ3) is 10.5. The molecule has 0 saturated carbocycles. The van der Waals surface area contributed by atoms with Gasteiger partial charge >= 0.3 is 6.18 Å². The summed E-state index contributed by atoms with van der Waals surface area (Å²) >= 11 is 7.17. The highest BCUT2D eigenvalue weighted by Crippen LogP contribution is 2.40. The van der Waals surface area contributed by atoms with E-state index in [2.05, 4.69) is 10.3 Å². The summed E-state index contributed by atoms with van der Waals surface area (Å²) in [6.07, 6.45) is -4.31. The summed E-state index contributed by atoms with van der Waals surface area (Å²) in [6.45, 7) is 9.65. The number of aromatic nitrogens is 1. The molecule has 2 fully saturated rings. The molecule has 7 rings (SSSR count). The Hall–Kier alpha value is -6.40. The first-order chi connectivity index (χ1) is 32.3. The number of hydrogen-bond donors (Lipinski definition) is 2. The number of nitrogens with one attached hydrogen (secondary N) is 1. The maximum absolute atomic E-state index is 14.1. The van der Waals surface area contributed by atoms with Crippen LogP contribution >= 0.6 is 23.6 Å². The van der Waals surface area contributed by atoms with Crippen molar-refractivity contribution >= 4 is 63.7 Å². The molecular formula is C48H50F3N7O8S2. The van der Waals surface area contributed by atoms with Gasteiger partial charge in [0.15, 0.2) is 5.11 Å². The Morgan fingerprint density at radius 3 is 2.32 bits per heavy atom. The summed E-state index contributed by atoms with van der Waals surface area (Å²) in [5, 5.41) is 22.7. The minimum absolute atomic E-state index is 0.0317. The molecule has 3 aliphatic rings. The molecule has 4 amide bonds. The van der Waals surface area contributed by atoms with E-state index in [-0.39, 0.29) is 69.2 Å². The third-order valence-corrected chi connectivity index (χ3v) is 13.2. The Morgan fingerprint density at radius 2 is 1.69 bits per heavy atom. The Morgan fingerprint density at radius 1 is 1.01 bits per heavy atom. The zero-order chi connectivity index (χ0) is 49.1. The molecule has 3 atom stereocenters. The van der Waals surface area contributed by atoms with Crippen LogP contribution in [0.4, 0.5) is 24.5 Å². The number of aliphatic hydroxyl groups excluding tert-OH is 1. The Bertz CT molecular complexity index is 2630. The Labute approximate surface area is 400 Å². The van der Waals surface area contributed by atoms with Crippen LogP contribution in [0, 0.1) is 24.2 Å². The Balaban J connectivity index is 0.851. The highest BCUT2D eigenvalue weighted by molar-refractivity contribution is 7.81. The number of hydrogen-bond acceptors (Lipinski definition) is 12. The summed E-state index contributed by atoms with van der Waals surface area (Å²) in [6, 6.07) is 17.2. The number of halogens is 3. The summed E-state index contributed by atoms with van der Waals surface area (Å²) in [7, 11) is 0. The molecule has 4 aromatic rings. The number of anilines is 2. The first kappa shape index (κ1) is 49.5. The molecule has 2 unspecified atom stereocenters. The predicted octanol–water partition coefficient (Wildman–Crippen LogP) is 6.37. The Kier molecular flexibility index (Phi) is 14.9. The van der Waals surface area contributed by atoms with E-state index in [0.717, 1.165) is 38.7 Å². The third-order valence-electron chi connectivity index (χ3n) is 11.9. The number of thiazole rings is 1. The van der Waals surface area contributed by atoms with E-state index in [4.69, 9.17) is 26.4 Å². The smallest absolute Gasteiger partial charge is 0.417 e. The number of nitriles is 1. The molecule has 4 heterocycles. The van der Waals surface area contributed by atoms with Gasteiger partial charge < -0.3 is 39.3 Å². The number of amides is 4. The second-order valence-electron chi connectivity index (χ2n) is 17.3. The van der Waals surface area contributed by atoms with Gasteiger partial charge in [0.05, 0.1) is 64.8 Å². The van der Waals surface area contributed by atoms with Crippen molar-refractivity contribution in [2.24, 2.45) is 5.92 Å². The van der Waals surface area contributed by atoms with Crippen LogP contribution in [0.2, 0.25) is 0 Å². The number of alkyl halides is 3. The fraction of sp³-hybridized carbons (Fsp3) is 0.396. The van der Waals surface area contributed by atoms with Crippen molar-refractivity contribution in [2.45, 2.75) is 77.5 Å². The highest BCUT2D eigenvalue weighted by Gasteiger charge is 2.51. The lowest BCUT2D eigenvalue weighted by Crippen LogP contribution is -2.55. The quantitative estimate of drug-likeness (QED) is 0.0885. The molecule has 2 N–H and O–H groups in total. The molecule has 3 aromatic carbocycles. The number of thiocarbonyl (C=S) groups is 1. The second-order valence-corrected chi connectivity index (χ2v) is 18.5. The molecule has 68 heavy (non-hydrogen) atoms. The predicted molar refractivity (Wildman–Crippen MR) is 250 cm³/mol. The minimum Gasteiger partial charge on any atom is -0.493 e. The fourth-order valence-electron chi connectivity index (χ4n) is 8.45. The fourth-order valence-corrected chi connectivity index (χ4v) is 9.79. The van der Waals surface area contributed by atoms with Crippen LogP contribution in [0.1, 0.15) is 56.5 Å². The van der Waals surface area contributed by atoms with E-state index in [0.29, 0.717) is 17.2 Å². The second kappa shape index (κ2) is 20.4. The number of aryl methyl sites for hydroxylation is 1. The zero-order valence-electron chi connectivity index (χ0n) is 37.9. The van der Waals surface area contributed by atoms with E-state index >= 15 is 0 Å². The SMILES string of the molecule is Cc1ncsc1-c1ccc(CNC(=O)C2C[C@@H](O)CN2C(=O)C(C(C)C)N2CC(OCCOCCOc3ccc(N4C(=S)N(c5ccc(C#N)c(C(F)(F)F)c5)C(=O)C4(C)C)cc3)=CC2=O)cc1. The lowest BCUT2D eigenvalue weighted by Gasteiger charge is -2.35. The van der Waals surface area contributed by atoms with E-state index in [1.54, 1.807) is 59.9 Å². The molecule has 1 aromatic heterocycles. The molecule has 2 saturated heterocycles. The van der Waals surface area contributed by atoms with E-state index < -0.39 is 64.7 Å². The lowest BCUT2D eigenvalue weighted by atomic mass is 10.0. The van der Waals surface area contributed by atoms with Gasteiger partial charge in [-0.25, -0.2) is 4.98 Å². The van der Waals surface area contributed by atoms with Gasteiger partial charge in [-0.1, -0.05) is 38.1 Å². The summed E-state index contributed by atoms with van der Waals surface area (Å²) < 4.78 is 58.5. The minimum atomic E-state index is -4.82. The maximum atomic E-state index is 14.1. The van der Waals surface area contributed by atoms with Gasteiger partial charge in [0.25, 0.3) is 11.8 Å². The van der Waals surface area contributed by atoms with Gasteiger partial charge in [0.2, 0.25) is 11.8 Å². The van der Waals surface area contributed by atoms with E-state index in [1.807, 2.05) is 45.0 Å². The summed E-state index contributed by atoms with van der Waals surface area (Å²) in [5.74, 6) is -1.27. The number of carbonyl (C=O) groups excluding carboxylic acids is 4. The van der Waals surface area contributed by atoms with Crippen LogP contribution in [-0.2, 0) is 41.4 Å². The number of ether oxygens (including phenoxy) is 3. The molecule has 20 heteroatoms. The largest absolute Gasteiger partial charge is 0.493 e. The van der Waals surface area contributed by atoms with Crippen molar-refractivity contribution < 1.29 is 51.7 Å². The van der Waals surface area contributed by atoms with Crippen molar-refractivity contribution in [2.75, 3.05) is 49.3 Å². The molecule has 3 aliphatic heterocycles. The normalized spacial score (nSPS) is 18.6. The summed E-state index contributed by atoms with van der Waals surface area (Å²) in [5.41, 5.74) is 2.05. The number of aliphatic hydroxyl groups is 1. The monoisotopic (exact) mass is 973 g/mol. The first-order valence-corrected chi connectivity index (χ1v) is 23.1. The molecule has 15 nitrogen and oxygen atoms in total. The van der Waals surface area contributed by atoms with Gasteiger partial charge in [-0.05, 0) is 92.5 Å². The zero-order valence-corrected chi connectivity index (χ0v) is 39.5. The van der Waals surface area contributed by atoms with Crippen LogP contribution in [0.15, 0.2) is 84.1 Å². The number of β-amino-alcohol motifs (C(OH)–C–C–N with tert-alkyl or cyclic N) is 1. The van der Waals surface area contributed by atoms with Crippen molar-refractivity contribution in [1.82, 2.24) is 20.1 Å². The number of carbonyl (C=O) groups is 4. The van der Waals surface area contributed by atoms with Gasteiger partial charge in [0, 0.05) is 31.3 Å². The molecule has 358 valence electrons. The topological polar surface area (TPSA) is 178 Å². The molecule has 0 spiro atoms. The van der Waals surface area contributed by atoms with Gasteiger partial charge in [-0.3, -0.25) is 24.1 Å². The number of likely N-dealkylation sites (tertiary alicyclic amines) is 1. The molecular weight excluding hydrogens is 924 g/mol. The highest BCUT2D eigenvalue weighted by atomic mass is 32.1. The lowest BCUT2D eigenvalue weighted by molar-refractivity contribution is -0.147. The van der Waals surface area contributed by atoms with Crippen LogP contribution in [-0.4, -0.2) is 112 Å².